The second kappa shape index (κ2) is 7.70. The van der Waals surface area contributed by atoms with Gasteiger partial charge in [0.1, 0.15) is 5.60 Å². The summed E-state index contributed by atoms with van der Waals surface area (Å²) in [6, 6.07) is 30.4. The van der Waals surface area contributed by atoms with Crippen molar-refractivity contribution in [2.75, 3.05) is 0 Å². The molecule has 1 saturated heterocycles. The molecule has 1 saturated carbocycles. The third-order valence-electron chi connectivity index (χ3n) is 8.50. The van der Waals surface area contributed by atoms with E-state index in [9.17, 15) is 4.79 Å². The second-order valence-corrected chi connectivity index (χ2v) is 11.6. The van der Waals surface area contributed by atoms with Gasteiger partial charge < -0.3 is 4.74 Å². The molecule has 2 aliphatic heterocycles. The quantitative estimate of drug-likeness (QED) is 0.359. The molecule has 2 fully saturated rings. The lowest BCUT2D eigenvalue weighted by molar-refractivity contribution is 0.0145. The average molecular weight is 474 g/mol. The second-order valence-electron chi connectivity index (χ2n) is 11.6. The van der Waals surface area contributed by atoms with Gasteiger partial charge in [-0.05, 0) is 66.0 Å². The molecule has 36 heavy (non-hydrogen) atoms. The van der Waals surface area contributed by atoms with Gasteiger partial charge in [0.05, 0.1) is 12.1 Å². The smallest absolute Gasteiger partial charge is 0.411 e. The predicted molar refractivity (Wildman–Crippen MR) is 142 cm³/mol. The van der Waals surface area contributed by atoms with Gasteiger partial charge in [-0.25, -0.2) is 4.79 Å². The van der Waals surface area contributed by atoms with E-state index in [-0.39, 0.29) is 18.2 Å². The number of fused-ring (bicyclic) bond motifs is 12. The summed E-state index contributed by atoms with van der Waals surface area (Å²) in [5, 5.41) is 0. The molecule has 0 unspecified atom stereocenters. The molecular weight excluding hydrogens is 442 g/mol. The topological polar surface area (TPSA) is 29.5 Å². The molecule has 7 rings (SSSR count). The van der Waals surface area contributed by atoms with Crippen molar-refractivity contribution in [3.8, 4) is 0 Å². The van der Waals surface area contributed by atoms with Crippen molar-refractivity contribution in [2.45, 2.75) is 38.5 Å². The van der Waals surface area contributed by atoms with Crippen LogP contribution in [0.3, 0.4) is 0 Å². The maximum absolute atomic E-state index is 13.6. The number of amides is 1. The molecule has 3 aromatic carbocycles. The largest absolute Gasteiger partial charge is 0.444 e. The fourth-order valence-electron chi connectivity index (χ4n) is 7.53. The van der Waals surface area contributed by atoms with Gasteiger partial charge in [-0.1, -0.05) is 97.1 Å². The van der Waals surface area contributed by atoms with Crippen LogP contribution in [0, 0.1) is 23.7 Å². The van der Waals surface area contributed by atoms with Gasteiger partial charge in [-0.2, -0.15) is 0 Å². The van der Waals surface area contributed by atoms with E-state index in [2.05, 4.69) is 102 Å². The summed E-state index contributed by atoms with van der Waals surface area (Å²) in [4.78, 5) is 15.7. The molecule has 0 radical (unpaired) electrons. The van der Waals surface area contributed by atoms with Crippen LogP contribution in [0.5, 0.6) is 0 Å². The Morgan fingerprint density at radius 3 is 1.58 bits per heavy atom. The fraction of sp³-hybridized carbons (Fsp3) is 0.303. The predicted octanol–water partition coefficient (Wildman–Crippen LogP) is 7.58. The summed E-state index contributed by atoms with van der Waals surface area (Å²) in [6.45, 7) is 5.86. The van der Waals surface area contributed by atoms with Crippen molar-refractivity contribution >= 4 is 11.7 Å². The van der Waals surface area contributed by atoms with Crippen LogP contribution in [-0.2, 0) is 4.74 Å². The van der Waals surface area contributed by atoms with Crippen LogP contribution < -0.4 is 0 Å². The van der Waals surface area contributed by atoms with Gasteiger partial charge >= 0.3 is 6.09 Å². The Balaban J connectivity index is 1.39. The third-order valence-corrected chi connectivity index (χ3v) is 8.50. The Morgan fingerprint density at radius 1 is 0.694 bits per heavy atom. The Labute approximate surface area is 213 Å². The molecule has 1 amide bonds. The minimum Gasteiger partial charge on any atom is -0.444 e. The van der Waals surface area contributed by atoms with Gasteiger partial charge in [-0.3, -0.25) is 4.90 Å². The monoisotopic (exact) mass is 473 g/mol. The number of nitrogens with zero attached hydrogens (tertiary/aromatic N) is 1. The van der Waals surface area contributed by atoms with E-state index >= 15 is 0 Å². The van der Waals surface area contributed by atoms with Crippen LogP contribution in [0.25, 0.3) is 5.57 Å². The minimum absolute atomic E-state index is 0.0498. The molecule has 0 N–H and O–H groups in total. The van der Waals surface area contributed by atoms with Crippen LogP contribution in [0.4, 0.5) is 4.79 Å². The zero-order valence-corrected chi connectivity index (χ0v) is 21.0. The van der Waals surface area contributed by atoms with Gasteiger partial charge in [0, 0.05) is 11.8 Å². The van der Waals surface area contributed by atoms with Crippen molar-refractivity contribution in [1.29, 1.82) is 0 Å². The Kier molecular flexibility index (Phi) is 4.64. The van der Waals surface area contributed by atoms with Gasteiger partial charge in [0.15, 0.2) is 0 Å². The van der Waals surface area contributed by atoms with Gasteiger partial charge in [0.25, 0.3) is 0 Å². The Morgan fingerprint density at radius 2 is 1.14 bits per heavy atom. The van der Waals surface area contributed by atoms with Crippen LogP contribution in [0.1, 0.15) is 55.1 Å². The molecule has 2 heterocycles. The van der Waals surface area contributed by atoms with Crippen LogP contribution >= 0.6 is 0 Å². The van der Waals surface area contributed by atoms with E-state index < -0.39 is 5.60 Å². The number of hydrogen-bond donors (Lipinski definition) is 0. The van der Waals surface area contributed by atoms with Crippen molar-refractivity contribution < 1.29 is 9.53 Å². The van der Waals surface area contributed by atoms with Gasteiger partial charge in [0.2, 0.25) is 0 Å². The lowest BCUT2D eigenvalue weighted by atomic mass is 9.71. The highest BCUT2D eigenvalue weighted by Gasteiger charge is 2.67. The highest BCUT2D eigenvalue weighted by Crippen LogP contribution is 2.72. The van der Waals surface area contributed by atoms with E-state index in [1.807, 2.05) is 20.8 Å². The number of hydrogen-bond acceptors (Lipinski definition) is 2. The fourth-order valence-corrected chi connectivity index (χ4v) is 7.53. The molecular formula is C33H31NO2. The zero-order valence-electron chi connectivity index (χ0n) is 21.0. The van der Waals surface area contributed by atoms with Crippen molar-refractivity contribution in [1.82, 2.24) is 4.90 Å². The van der Waals surface area contributed by atoms with Gasteiger partial charge in [-0.15, -0.1) is 0 Å². The molecule has 3 aromatic rings. The number of allylic oxidation sites excluding steroid dienone is 3. The molecule has 4 bridgehead atoms. The molecule has 4 aliphatic rings. The summed E-state index contributed by atoms with van der Waals surface area (Å²) < 4.78 is 5.96. The number of ether oxygens (including phenoxy) is 1. The lowest BCUT2D eigenvalue weighted by Crippen LogP contribution is -2.36. The van der Waals surface area contributed by atoms with E-state index in [1.54, 1.807) is 0 Å². The summed E-state index contributed by atoms with van der Waals surface area (Å²) in [5.41, 5.74) is 7.51. The lowest BCUT2D eigenvalue weighted by Gasteiger charge is -2.30. The standard InChI is InChI=1S/C33H31NO2/c1-33(2,3)36-32(35)34-30-22-16-10-11-17-23(22)31(34)29-25-19-18-24(28(29)30)27(25)26(20-12-6-4-7-13-20)21-14-8-5-9-15-21/h4-19,24-25,28-31H,1-3H3/t24-,25+,28-,29+,30+,31-. The first-order chi connectivity index (χ1) is 17.4. The summed E-state index contributed by atoms with van der Waals surface area (Å²) in [6.07, 6.45) is 4.66. The molecule has 6 atom stereocenters. The highest BCUT2D eigenvalue weighted by molar-refractivity contribution is 5.85. The molecule has 180 valence electrons. The first-order valence-corrected chi connectivity index (χ1v) is 13.1. The van der Waals surface area contributed by atoms with Crippen molar-refractivity contribution in [3.63, 3.8) is 0 Å². The van der Waals surface area contributed by atoms with Crippen molar-refractivity contribution in [2.24, 2.45) is 23.7 Å². The number of carbonyl (C=O) groups is 1. The van der Waals surface area contributed by atoms with Crippen molar-refractivity contribution in [3.05, 3.63) is 125 Å². The number of carbonyl (C=O) groups excluding carboxylic acids is 1. The first kappa shape index (κ1) is 21.7. The zero-order chi connectivity index (χ0) is 24.6. The van der Waals surface area contributed by atoms with Crippen LogP contribution in [-0.4, -0.2) is 16.6 Å². The van der Waals surface area contributed by atoms with Crippen LogP contribution in [0.15, 0.2) is 103 Å². The molecule has 3 nitrogen and oxygen atoms in total. The minimum atomic E-state index is -0.517. The maximum Gasteiger partial charge on any atom is 0.411 e. The molecule has 2 aliphatic carbocycles. The van der Waals surface area contributed by atoms with E-state index in [4.69, 9.17) is 4.74 Å². The maximum atomic E-state index is 13.6. The Bertz CT molecular complexity index is 1310. The van der Waals surface area contributed by atoms with E-state index in [1.165, 1.54) is 33.4 Å². The number of benzene rings is 3. The molecule has 3 heteroatoms. The summed E-state index contributed by atoms with van der Waals surface area (Å²) in [5.74, 6) is 1.35. The summed E-state index contributed by atoms with van der Waals surface area (Å²) in [7, 11) is 0. The average Bonchev–Trinajstić information content (AvgIpc) is 3.61. The van der Waals surface area contributed by atoms with E-state index in [0.29, 0.717) is 23.7 Å². The van der Waals surface area contributed by atoms with Crippen LogP contribution in [0.2, 0.25) is 0 Å². The summed E-state index contributed by atoms with van der Waals surface area (Å²) >= 11 is 0. The normalized spacial score (nSPS) is 28.9. The first-order valence-electron chi connectivity index (χ1n) is 13.1. The highest BCUT2D eigenvalue weighted by atomic mass is 16.6. The molecule has 0 spiro atoms. The SMILES string of the molecule is CC(C)(C)OC(=O)N1[C@@H]2c3ccccc3[C@H]1[C@H]1[C@@H]2[C@H]2C=C[C@@H]1C2=C(c1ccccc1)c1ccccc1. The number of rotatable bonds is 2. The van der Waals surface area contributed by atoms with E-state index in [0.717, 1.165) is 0 Å². The third kappa shape index (κ3) is 3.01. The Hall–Kier alpha value is -3.59. The molecule has 0 aromatic heterocycles.